The highest BCUT2D eigenvalue weighted by atomic mass is 15.2. The molecule has 1 heterocycles. The standard InChI is InChI=1S/C18H32N2/c1-13(2)19-11-14-3-4-20(12-14)18-8-15-5-16(9-18)7-17(6-15)10-18/h13-17,19H,3-12H2,1-2H3. The molecule has 2 nitrogen and oxygen atoms in total. The van der Waals surface area contributed by atoms with Crippen LogP contribution in [0.5, 0.6) is 0 Å². The second-order valence-corrected chi connectivity index (χ2v) is 8.81. The predicted molar refractivity (Wildman–Crippen MR) is 83.7 cm³/mol. The van der Waals surface area contributed by atoms with Gasteiger partial charge in [0.1, 0.15) is 0 Å². The summed E-state index contributed by atoms with van der Waals surface area (Å²) in [6.07, 6.45) is 10.8. The Hall–Kier alpha value is -0.0800. The first-order chi connectivity index (χ1) is 9.63. The molecule has 4 aliphatic carbocycles. The van der Waals surface area contributed by atoms with E-state index in [1.54, 1.807) is 38.5 Å². The van der Waals surface area contributed by atoms with E-state index in [9.17, 15) is 0 Å². The fourth-order valence-corrected chi connectivity index (χ4v) is 6.28. The average molecular weight is 276 g/mol. The lowest BCUT2D eigenvalue weighted by Gasteiger charge is -2.60. The number of hydrogen-bond donors (Lipinski definition) is 1. The third-order valence-corrected chi connectivity index (χ3v) is 6.78. The highest BCUT2D eigenvalue weighted by molar-refractivity contribution is 5.08. The van der Waals surface area contributed by atoms with Crippen LogP contribution in [0.3, 0.4) is 0 Å². The maximum Gasteiger partial charge on any atom is 0.0217 e. The van der Waals surface area contributed by atoms with Crippen LogP contribution in [-0.4, -0.2) is 36.1 Å². The lowest BCUT2D eigenvalue weighted by atomic mass is 9.52. The summed E-state index contributed by atoms with van der Waals surface area (Å²) < 4.78 is 0. The summed E-state index contributed by atoms with van der Waals surface area (Å²) in [4.78, 5) is 2.95. The third-order valence-electron chi connectivity index (χ3n) is 6.78. The van der Waals surface area contributed by atoms with Crippen LogP contribution in [0.25, 0.3) is 0 Å². The molecule has 1 atom stereocenters. The van der Waals surface area contributed by atoms with Gasteiger partial charge in [-0.1, -0.05) is 13.8 Å². The van der Waals surface area contributed by atoms with Gasteiger partial charge in [-0.3, -0.25) is 4.90 Å². The van der Waals surface area contributed by atoms with Crippen molar-refractivity contribution >= 4 is 0 Å². The fourth-order valence-electron chi connectivity index (χ4n) is 6.28. The van der Waals surface area contributed by atoms with Gasteiger partial charge in [-0.25, -0.2) is 0 Å². The first-order valence-electron chi connectivity index (χ1n) is 9.11. The van der Waals surface area contributed by atoms with E-state index < -0.39 is 0 Å². The van der Waals surface area contributed by atoms with E-state index in [0.717, 1.165) is 23.7 Å². The van der Waals surface area contributed by atoms with Gasteiger partial charge in [0.15, 0.2) is 0 Å². The third kappa shape index (κ3) is 2.33. The molecular weight excluding hydrogens is 244 g/mol. The van der Waals surface area contributed by atoms with Crippen molar-refractivity contribution in [2.75, 3.05) is 19.6 Å². The Balaban J connectivity index is 1.41. The van der Waals surface area contributed by atoms with Crippen LogP contribution in [0.15, 0.2) is 0 Å². The maximum atomic E-state index is 3.66. The lowest BCUT2D eigenvalue weighted by Crippen LogP contribution is -2.59. The number of likely N-dealkylation sites (tertiary alicyclic amines) is 1. The van der Waals surface area contributed by atoms with E-state index in [-0.39, 0.29) is 0 Å². The molecule has 114 valence electrons. The van der Waals surface area contributed by atoms with Crippen LogP contribution >= 0.6 is 0 Å². The summed E-state index contributed by atoms with van der Waals surface area (Å²) in [7, 11) is 0. The summed E-state index contributed by atoms with van der Waals surface area (Å²) in [6, 6.07) is 0.642. The quantitative estimate of drug-likeness (QED) is 0.848. The summed E-state index contributed by atoms with van der Waals surface area (Å²) in [5.74, 6) is 4.18. The Morgan fingerprint density at radius 3 is 2.20 bits per heavy atom. The molecule has 0 amide bonds. The molecule has 0 aromatic heterocycles. The second kappa shape index (κ2) is 4.98. The van der Waals surface area contributed by atoms with Gasteiger partial charge in [0.2, 0.25) is 0 Å². The van der Waals surface area contributed by atoms with Crippen molar-refractivity contribution in [2.24, 2.45) is 23.7 Å². The van der Waals surface area contributed by atoms with Crippen molar-refractivity contribution in [3.05, 3.63) is 0 Å². The predicted octanol–water partition coefficient (Wildman–Crippen LogP) is 3.28. The first kappa shape index (κ1) is 13.6. The zero-order valence-electron chi connectivity index (χ0n) is 13.4. The highest BCUT2D eigenvalue weighted by Crippen LogP contribution is 2.58. The fraction of sp³-hybridized carbons (Fsp3) is 1.00. The minimum absolute atomic E-state index is 0.642. The molecule has 0 radical (unpaired) electrons. The SMILES string of the molecule is CC(C)NCC1CCN(C23CC4CC(CC(C4)C2)C3)C1. The highest BCUT2D eigenvalue weighted by Gasteiger charge is 2.54. The molecule has 0 aromatic carbocycles. The van der Waals surface area contributed by atoms with Crippen LogP contribution in [0.2, 0.25) is 0 Å². The smallest absolute Gasteiger partial charge is 0.0217 e. The number of rotatable bonds is 4. The van der Waals surface area contributed by atoms with Crippen molar-refractivity contribution in [3.8, 4) is 0 Å². The molecule has 20 heavy (non-hydrogen) atoms. The van der Waals surface area contributed by atoms with Crippen molar-refractivity contribution in [2.45, 2.75) is 70.4 Å². The monoisotopic (exact) mass is 276 g/mol. The molecule has 0 aromatic rings. The lowest BCUT2D eigenvalue weighted by molar-refractivity contribution is -0.0814. The zero-order chi connectivity index (χ0) is 13.7. The van der Waals surface area contributed by atoms with Crippen molar-refractivity contribution in [1.29, 1.82) is 0 Å². The van der Waals surface area contributed by atoms with E-state index in [2.05, 4.69) is 24.1 Å². The summed E-state index contributed by atoms with van der Waals surface area (Å²) >= 11 is 0. The Morgan fingerprint density at radius 2 is 1.65 bits per heavy atom. The van der Waals surface area contributed by atoms with E-state index >= 15 is 0 Å². The topological polar surface area (TPSA) is 15.3 Å². The summed E-state index contributed by atoms with van der Waals surface area (Å²) in [5.41, 5.74) is 0.654. The minimum atomic E-state index is 0.642. The van der Waals surface area contributed by atoms with E-state index in [1.165, 1.54) is 26.1 Å². The molecule has 5 rings (SSSR count). The molecule has 5 aliphatic rings. The van der Waals surface area contributed by atoms with Gasteiger partial charge in [0.25, 0.3) is 0 Å². The Bertz CT molecular complexity index is 327. The van der Waals surface area contributed by atoms with Gasteiger partial charge in [-0.15, -0.1) is 0 Å². The molecule has 0 spiro atoms. The molecule has 1 unspecified atom stereocenters. The van der Waals surface area contributed by atoms with Crippen LogP contribution in [-0.2, 0) is 0 Å². The molecule has 2 heteroatoms. The van der Waals surface area contributed by atoms with Gasteiger partial charge in [0, 0.05) is 18.1 Å². The molecular formula is C18H32N2. The van der Waals surface area contributed by atoms with Crippen LogP contribution < -0.4 is 5.32 Å². The van der Waals surface area contributed by atoms with Gasteiger partial charge >= 0.3 is 0 Å². The second-order valence-electron chi connectivity index (χ2n) is 8.81. The largest absolute Gasteiger partial charge is 0.314 e. The van der Waals surface area contributed by atoms with Crippen molar-refractivity contribution < 1.29 is 0 Å². The molecule has 4 saturated carbocycles. The van der Waals surface area contributed by atoms with E-state index in [0.29, 0.717) is 11.6 Å². The van der Waals surface area contributed by atoms with E-state index in [4.69, 9.17) is 0 Å². The van der Waals surface area contributed by atoms with Crippen LogP contribution in [0, 0.1) is 23.7 Å². The number of hydrogen-bond acceptors (Lipinski definition) is 2. The Morgan fingerprint density at radius 1 is 1.05 bits per heavy atom. The van der Waals surface area contributed by atoms with Gasteiger partial charge in [0.05, 0.1) is 0 Å². The number of nitrogens with zero attached hydrogens (tertiary/aromatic N) is 1. The number of nitrogens with one attached hydrogen (secondary N) is 1. The van der Waals surface area contributed by atoms with Gasteiger partial charge < -0.3 is 5.32 Å². The van der Waals surface area contributed by atoms with Crippen LogP contribution in [0.1, 0.15) is 58.8 Å². The maximum absolute atomic E-state index is 3.66. The van der Waals surface area contributed by atoms with Gasteiger partial charge in [-0.2, -0.15) is 0 Å². The summed E-state index contributed by atoms with van der Waals surface area (Å²) in [5, 5.41) is 3.66. The zero-order valence-corrected chi connectivity index (χ0v) is 13.4. The molecule has 4 bridgehead atoms. The minimum Gasteiger partial charge on any atom is -0.314 e. The summed E-state index contributed by atoms with van der Waals surface area (Å²) in [6.45, 7) is 8.54. The molecule has 1 saturated heterocycles. The Labute approximate surface area is 124 Å². The molecule has 1 aliphatic heterocycles. The molecule has 5 fully saturated rings. The first-order valence-corrected chi connectivity index (χ1v) is 9.11. The van der Waals surface area contributed by atoms with Crippen molar-refractivity contribution in [3.63, 3.8) is 0 Å². The average Bonchev–Trinajstić information content (AvgIpc) is 2.84. The van der Waals surface area contributed by atoms with E-state index in [1.807, 2.05) is 0 Å². The Kier molecular flexibility index (Phi) is 3.38. The molecule has 1 N–H and O–H groups in total. The van der Waals surface area contributed by atoms with Crippen molar-refractivity contribution in [1.82, 2.24) is 10.2 Å². The van der Waals surface area contributed by atoms with Gasteiger partial charge in [-0.05, 0) is 81.7 Å². The normalized spacial score (nSPS) is 47.5. The van der Waals surface area contributed by atoms with Crippen LogP contribution in [0.4, 0.5) is 0 Å².